The highest BCUT2D eigenvalue weighted by atomic mass is 35.5. The highest BCUT2D eigenvalue weighted by Gasteiger charge is 2.39. The molecule has 150 valence electrons. The molecule has 8 heteroatoms. The van der Waals surface area contributed by atoms with Crippen molar-refractivity contribution in [2.75, 3.05) is 5.43 Å². The average Bonchev–Trinajstić information content (AvgIpc) is 3.33. The molecule has 1 aliphatic rings. The normalized spacial score (nSPS) is 18.9. The SMILES string of the molecule is CC1SC(c2ccc(Cl)cc2)N(Nc2ncnc3cc(-c4ccccc4)sc23)C1=O. The van der Waals surface area contributed by atoms with Crippen molar-refractivity contribution in [2.24, 2.45) is 0 Å². The summed E-state index contributed by atoms with van der Waals surface area (Å²) < 4.78 is 0.920. The van der Waals surface area contributed by atoms with Gasteiger partial charge in [0, 0.05) is 9.90 Å². The number of thioether (sulfide) groups is 1. The predicted octanol–water partition coefficient (Wildman–Crippen LogP) is 6.00. The molecular weight excluding hydrogens is 436 g/mol. The van der Waals surface area contributed by atoms with Crippen LogP contribution in [0.25, 0.3) is 20.7 Å². The average molecular weight is 453 g/mol. The number of anilines is 1. The summed E-state index contributed by atoms with van der Waals surface area (Å²) in [6, 6.07) is 19.8. The minimum absolute atomic E-state index is 0.0200. The largest absolute Gasteiger partial charge is 0.277 e. The molecule has 2 aromatic heterocycles. The van der Waals surface area contributed by atoms with Gasteiger partial charge in [-0.2, -0.15) is 0 Å². The van der Waals surface area contributed by atoms with Crippen LogP contribution in [0.1, 0.15) is 17.9 Å². The maximum absolute atomic E-state index is 12.9. The number of aromatic nitrogens is 2. The minimum atomic E-state index is -0.164. The lowest BCUT2D eigenvalue weighted by Gasteiger charge is -2.25. The highest BCUT2D eigenvalue weighted by molar-refractivity contribution is 8.01. The quantitative estimate of drug-likeness (QED) is 0.411. The zero-order valence-electron chi connectivity index (χ0n) is 15.9. The maximum Gasteiger partial charge on any atom is 0.255 e. The number of fused-ring (bicyclic) bond motifs is 1. The van der Waals surface area contributed by atoms with Crippen molar-refractivity contribution in [3.05, 3.63) is 77.6 Å². The molecule has 0 radical (unpaired) electrons. The Labute approximate surface area is 187 Å². The van der Waals surface area contributed by atoms with Crippen LogP contribution >= 0.6 is 34.7 Å². The zero-order chi connectivity index (χ0) is 20.7. The lowest BCUT2D eigenvalue weighted by molar-refractivity contribution is -0.128. The number of halogens is 1. The second kappa shape index (κ2) is 7.91. The van der Waals surface area contributed by atoms with E-state index < -0.39 is 0 Å². The molecule has 2 aromatic carbocycles. The lowest BCUT2D eigenvalue weighted by Crippen LogP contribution is -2.35. The fourth-order valence-electron chi connectivity index (χ4n) is 3.39. The van der Waals surface area contributed by atoms with E-state index in [1.165, 1.54) is 6.33 Å². The number of benzene rings is 2. The molecule has 4 aromatic rings. The van der Waals surface area contributed by atoms with Crippen molar-refractivity contribution in [1.82, 2.24) is 15.0 Å². The molecule has 30 heavy (non-hydrogen) atoms. The van der Waals surface area contributed by atoms with E-state index in [2.05, 4.69) is 33.6 Å². The number of thiophene rings is 1. The summed E-state index contributed by atoms with van der Waals surface area (Å²) in [5.74, 6) is 0.653. The van der Waals surface area contributed by atoms with Gasteiger partial charge in [0.25, 0.3) is 5.91 Å². The van der Waals surface area contributed by atoms with Gasteiger partial charge in [0.05, 0.1) is 15.5 Å². The summed E-state index contributed by atoms with van der Waals surface area (Å²) in [5.41, 5.74) is 6.28. The number of hydrogen-bond acceptors (Lipinski definition) is 6. The topological polar surface area (TPSA) is 58.1 Å². The number of carbonyl (C=O) groups excluding carboxylic acids is 1. The van der Waals surface area contributed by atoms with Gasteiger partial charge in [0.1, 0.15) is 11.7 Å². The van der Waals surface area contributed by atoms with Gasteiger partial charge in [-0.05, 0) is 36.2 Å². The molecule has 0 bridgehead atoms. The minimum Gasteiger partial charge on any atom is -0.277 e. The summed E-state index contributed by atoms with van der Waals surface area (Å²) in [4.78, 5) is 22.9. The van der Waals surface area contributed by atoms with E-state index in [0.717, 1.165) is 26.2 Å². The van der Waals surface area contributed by atoms with Crippen LogP contribution in [0.5, 0.6) is 0 Å². The van der Waals surface area contributed by atoms with Crippen molar-refractivity contribution in [1.29, 1.82) is 0 Å². The van der Waals surface area contributed by atoms with E-state index in [1.54, 1.807) is 28.1 Å². The summed E-state index contributed by atoms with van der Waals surface area (Å²) in [7, 11) is 0. The number of hydrazine groups is 1. The standard InChI is InChI=1S/C22H17ClN4OS2/c1-13-21(28)27(22(29-13)15-7-9-16(23)10-8-15)26-20-19-17(24-12-25-20)11-18(30-19)14-5-3-2-4-6-14/h2-13,22H,1H3,(H,24,25,26). The Morgan fingerprint density at radius 1 is 1.07 bits per heavy atom. The molecule has 1 amide bonds. The molecule has 5 nitrogen and oxygen atoms in total. The summed E-state index contributed by atoms with van der Waals surface area (Å²) in [6.07, 6.45) is 1.53. The molecule has 1 aliphatic heterocycles. The van der Waals surface area contributed by atoms with Gasteiger partial charge in [-0.25, -0.2) is 15.0 Å². The number of nitrogens with one attached hydrogen (secondary N) is 1. The first-order valence-electron chi connectivity index (χ1n) is 9.41. The third kappa shape index (κ3) is 3.53. The fraction of sp³-hybridized carbons (Fsp3) is 0.136. The van der Waals surface area contributed by atoms with E-state index in [1.807, 2.05) is 49.4 Å². The molecule has 0 saturated carbocycles. The van der Waals surface area contributed by atoms with Crippen LogP contribution in [-0.2, 0) is 4.79 Å². The van der Waals surface area contributed by atoms with Gasteiger partial charge in [-0.1, -0.05) is 54.1 Å². The molecular formula is C22H17ClN4OS2. The number of hydrogen-bond donors (Lipinski definition) is 1. The Kier molecular flexibility index (Phi) is 5.10. The Hall–Kier alpha value is -2.61. The Bertz CT molecular complexity index is 1210. The fourth-order valence-corrected chi connectivity index (χ4v) is 5.78. The van der Waals surface area contributed by atoms with Crippen molar-refractivity contribution in [2.45, 2.75) is 17.5 Å². The Balaban J connectivity index is 1.51. The van der Waals surface area contributed by atoms with Crippen LogP contribution in [0.3, 0.4) is 0 Å². The Morgan fingerprint density at radius 3 is 2.60 bits per heavy atom. The van der Waals surface area contributed by atoms with Gasteiger partial charge in [0.15, 0.2) is 5.82 Å². The molecule has 1 fully saturated rings. The Morgan fingerprint density at radius 2 is 1.83 bits per heavy atom. The first-order chi connectivity index (χ1) is 14.6. The number of carbonyl (C=O) groups is 1. The van der Waals surface area contributed by atoms with E-state index in [-0.39, 0.29) is 16.5 Å². The summed E-state index contributed by atoms with van der Waals surface area (Å²) in [6.45, 7) is 1.92. The molecule has 1 N–H and O–H groups in total. The van der Waals surface area contributed by atoms with E-state index in [0.29, 0.717) is 10.8 Å². The zero-order valence-corrected chi connectivity index (χ0v) is 18.3. The molecule has 1 saturated heterocycles. The molecule has 2 unspecified atom stereocenters. The molecule has 3 heterocycles. The van der Waals surface area contributed by atoms with E-state index >= 15 is 0 Å². The molecule has 0 aliphatic carbocycles. The second-order valence-corrected chi connectivity index (χ2v) is 9.83. The van der Waals surface area contributed by atoms with Crippen molar-refractivity contribution < 1.29 is 4.79 Å². The predicted molar refractivity (Wildman–Crippen MR) is 125 cm³/mol. The van der Waals surface area contributed by atoms with Crippen LogP contribution in [0, 0.1) is 0 Å². The monoisotopic (exact) mass is 452 g/mol. The number of amides is 1. The summed E-state index contributed by atoms with van der Waals surface area (Å²) in [5, 5.41) is 2.02. The first-order valence-corrected chi connectivity index (χ1v) is 11.5. The maximum atomic E-state index is 12.9. The van der Waals surface area contributed by atoms with Crippen molar-refractivity contribution in [3.8, 4) is 10.4 Å². The molecule has 5 rings (SSSR count). The van der Waals surface area contributed by atoms with Crippen LogP contribution in [-0.4, -0.2) is 26.1 Å². The first kappa shape index (κ1) is 19.4. The molecule has 2 atom stereocenters. The van der Waals surface area contributed by atoms with Gasteiger partial charge in [-0.3, -0.25) is 10.2 Å². The third-order valence-electron chi connectivity index (χ3n) is 4.90. The van der Waals surface area contributed by atoms with Gasteiger partial charge >= 0.3 is 0 Å². The van der Waals surface area contributed by atoms with Crippen LogP contribution in [0.4, 0.5) is 5.82 Å². The van der Waals surface area contributed by atoms with Gasteiger partial charge in [-0.15, -0.1) is 23.1 Å². The summed E-state index contributed by atoms with van der Waals surface area (Å²) >= 11 is 9.25. The number of rotatable bonds is 4. The van der Waals surface area contributed by atoms with E-state index in [4.69, 9.17) is 11.6 Å². The van der Waals surface area contributed by atoms with Crippen molar-refractivity contribution in [3.63, 3.8) is 0 Å². The van der Waals surface area contributed by atoms with Crippen LogP contribution in [0.2, 0.25) is 5.02 Å². The highest BCUT2D eigenvalue weighted by Crippen LogP contribution is 2.44. The molecule has 0 spiro atoms. The second-order valence-electron chi connectivity index (χ2n) is 6.92. The van der Waals surface area contributed by atoms with Crippen LogP contribution < -0.4 is 5.43 Å². The number of nitrogens with zero attached hydrogens (tertiary/aromatic N) is 3. The van der Waals surface area contributed by atoms with E-state index in [9.17, 15) is 4.79 Å². The van der Waals surface area contributed by atoms with Gasteiger partial charge in [0.2, 0.25) is 0 Å². The van der Waals surface area contributed by atoms with Gasteiger partial charge < -0.3 is 0 Å². The van der Waals surface area contributed by atoms with Crippen LogP contribution in [0.15, 0.2) is 67.0 Å². The third-order valence-corrected chi connectivity index (χ3v) is 7.69. The van der Waals surface area contributed by atoms with Crippen molar-refractivity contribution >= 4 is 56.6 Å². The smallest absolute Gasteiger partial charge is 0.255 e. The lowest BCUT2D eigenvalue weighted by atomic mass is 10.2.